The molecule has 1 atom stereocenters. The van der Waals surface area contributed by atoms with Crippen LogP contribution in [0.1, 0.15) is 13.8 Å². The third-order valence-corrected chi connectivity index (χ3v) is 1.98. The molecule has 0 aliphatic carbocycles. The van der Waals surface area contributed by atoms with Crippen molar-refractivity contribution in [2.45, 2.75) is 13.8 Å². The topological polar surface area (TPSA) is 69.6 Å². The monoisotopic (exact) mass is 214 g/mol. The van der Waals surface area contributed by atoms with Crippen LogP contribution in [-0.2, 0) is 4.79 Å². The maximum absolute atomic E-state index is 11.5. The average Bonchev–Trinajstić information content (AvgIpc) is 2.21. The summed E-state index contributed by atoms with van der Waals surface area (Å²) in [6, 6.07) is -0.259. The summed E-state index contributed by atoms with van der Waals surface area (Å²) >= 11 is 0. The van der Waals surface area contributed by atoms with Gasteiger partial charge in [-0.25, -0.2) is 4.79 Å². The second-order valence-electron chi connectivity index (χ2n) is 3.25. The molecule has 0 radical (unpaired) electrons. The fourth-order valence-electron chi connectivity index (χ4n) is 1.04. The minimum Gasteiger partial charge on any atom is -0.481 e. The van der Waals surface area contributed by atoms with E-state index >= 15 is 0 Å². The molecule has 0 aliphatic heterocycles. The predicted molar refractivity (Wildman–Crippen MR) is 57.6 cm³/mol. The van der Waals surface area contributed by atoms with Gasteiger partial charge in [-0.1, -0.05) is 13.0 Å². The van der Waals surface area contributed by atoms with E-state index in [2.05, 4.69) is 11.9 Å². The molecule has 0 fully saturated rings. The molecule has 5 heteroatoms. The molecule has 2 N–H and O–H groups in total. The highest BCUT2D eigenvalue weighted by Gasteiger charge is 2.18. The second kappa shape index (κ2) is 6.86. The molecule has 2 amide bonds. The number of nitrogens with one attached hydrogen (secondary N) is 1. The number of hydrogen-bond acceptors (Lipinski definition) is 2. The fourth-order valence-corrected chi connectivity index (χ4v) is 1.04. The lowest BCUT2D eigenvalue weighted by atomic mass is 10.2. The first-order valence-electron chi connectivity index (χ1n) is 4.89. The Morgan fingerprint density at radius 3 is 2.60 bits per heavy atom. The van der Waals surface area contributed by atoms with Crippen LogP contribution in [0.15, 0.2) is 12.7 Å². The Hall–Kier alpha value is -1.52. The summed E-state index contributed by atoms with van der Waals surface area (Å²) in [5.74, 6) is -1.45. The summed E-state index contributed by atoms with van der Waals surface area (Å²) in [6.07, 6.45) is 1.58. The van der Waals surface area contributed by atoms with Gasteiger partial charge in [-0.05, 0) is 6.92 Å². The van der Waals surface area contributed by atoms with Crippen molar-refractivity contribution in [3.63, 3.8) is 0 Å². The van der Waals surface area contributed by atoms with E-state index in [4.69, 9.17) is 5.11 Å². The summed E-state index contributed by atoms with van der Waals surface area (Å²) in [5, 5.41) is 11.3. The molecular formula is C10H18N2O3. The van der Waals surface area contributed by atoms with Gasteiger partial charge in [0.2, 0.25) is 0 Å². The van der Waals surface area contributed by atoms with Crippen LogP contribution >= 0.6 is 0 Å². The molecule has 0 rings (SSSR count). The van der Waals surface area contributed by atoms with Crippen LogP contribution in [0.2, 0.25) is 0 Å². The lowest BCUT2D eigenvalue weighted by Gasteiger charge is -2.22. The number of carbonyl (C=O) groups is 2. The van der Waals surface area contributed by atoms with Crippen LogP contribution in [0.3, 0.4) is 0 Å². The van der Waals surface area contributed by atoms with Crippen LogP contribution < -0.4 is 5.32 Å². The third-order valence-electron chi connectivity index (χ3n) is 1.98. The highest BCUT2D eigenvalue weighted by molar-refractivity contribution is 5.76. The maximum atomic E-state index is 11.5. The smallest absolute Gasteiger partial charge is 0.317 e. The molecular weight excluding hydrogens is 196 g/mol. The SMILES string of the molecule is C=CCNC(=O)N(CC)CC(C)C(=O)O. The Kier molecular flexibility index (Phi) is 6.17. The van der Waals surface area contributed by atoms with E-state index in [9.17, 15) is 9.59 Å². The van der Waals surface area contributed by atoms with Crippen LogP contribution in [0, 0.1) is 5.92 Å². The first-order chi connectivity index (χ1) is 7.02. The normalized spacial score (nSPS) is 11.6. The van der Waals surface area contributed by atoms with Crippen LogP contribution in [0.5, 0.6) is 0 Å². The summed E-state index contributed by atoms with van der Waals surface area (Å²) in [7, 11) is 0. The zero-order valence-corrected chi connectivity index (χ0v) is 9.19. The Morgan fingerprint density at radius 2 is 2.20 bits per heavy atom. The molecule has 0 aromatic heterocycles. The lowest BCUT2D eigenvalue weighted by Crippen LogP contribution is -2.43. The molecule has 86 valence electrons. The molecule has 5 nitrogen and oxygen atoms in total. The van der Waals surface area contributed by atoms with E-state index < -0.39 is 11.9 Å². The van der Waals surface area contributed by atoms with Crippen LogP contribution in [0.4, 0.5) is 4.79 Å². The van der Waals surface area contributed by atoms with Gasteiger partial charge < -0.3 is 15.3 Å². The van der Waals surface area contributed by atoms with Crippen molar-refractivity contribution in [3.8, 4) is 0 Å². The number of urea groups is 1. The van der Waals surface area contributed by atoms with Crippen molar-refractivity contribution in [2.24, 2.45) is 5.92 Å². The first kappa shape index (κ1) is 13.5. The molecule has 0 aromatic carbocycles. The Morgan fingerprint density at radius 1 is 1.60 bits per heavy atom. The zero-order valence-electron chi connectivity index (χ0n) is 9.19. The average molecular weight is 214 g/mol. The molecule has 0 heterocycles. The van der Waals surface area contributed by atoms with E-state index in [1.807, 2.05) is 6.92 Å². The van der Waals surface area contributed by atoms with E-state index in [-0.39, 0.29) is 12.6 Å². The van der Waals surface area contributed by atoms with Crippen molar-refractivity contribution in [2.75, 3.05) is 19.6 Å². The number of amides is 2. The Balaban J connectivity index is 4.17. The maximum Gasteiger partial charge on any atom is 0.317 e. The summed E-state index contributed by atoms with van der Waals surface area (Å²) < 4.78 is 0. The van der Waals surface area contributed by atoms with Crippen molar-refractivity contribution >= 4 is 12.0 Å². The van der Waals surface area contributed by atoms with Crippen molar-refractivity contribution < 1.29 is 14.7 Å². The number of carboxylic acid groups (broad SMARTS) is 1. The summed E-state index contributed by atoms with van der Waals surface area (Å²) in [6.45, 7) is 7.95. The van der Waals surface area contributed by atoms with Crippen LogP contribution in [0.25, 0.3) is 0 Å². The number of aliphatic carboxylic acids is 1. The highest BCUT2D eigenvalue weighted by Crippen LogP contribution is 2.00. The van der Waals surface area contributed by atoms with E-state index in [0.29, 0.717) is 13.1 Å². The second-order valence-corrected chi connectivity index (χ2v) is 3.25. The zero-order chi connectivity index (χ0) is 11.8. The molecule has 0 aliphatic rings. The van der Waals surface area contributed by atoms with Gasteiger partial charge in [-0.2, -0.15) is 0 Å². The molecule has 0 bridgehead atoms. The number of nitrogens with zero attached hydrogens (tertiary/aromatic N) is 1. The van der Waals surface area contributed by atoms with Gasteiger partial charge in [0.05, 0.1) is 5.92 Å². The molecule has 0 saturated carbocycles. The third kappa shape index (κ3) is 5.05. The van der Waals surface area contributed by atoms with Crippen molar-refractivity contribution in [1.82, 2.24) is 10.2 Å². The van der Waals surface area contributed by atoms with Gasteiger partial charge in [0, 0.05) is 19.6 Å². The number of carboxylic acids is 1. The molecule has 0 aromatic rings. The largest absolute Gasteiger partial charge is 0.481 e. The van der Waals surface area contributed by atoms with E-state index in [0.717, 1.165) is 0 Å². The Labute approximate surface area is 89.8 Å². The highest BCUT2D eigenvalue weighted by atomic mass is 16.4. The van der Waals surface area contributed by atoms with E-state index in [1.54, 1.807) is 13.0 Å². The minimum absolute atomic E-state index is 0.217. The molecule has 1 unspecified atom stereocenters. The molecule has 15 heavy (non-hydrogen) atoms. The lowest BCUT2D eigenvalue weighted by molar-refractivity contribution is -0.141. The number of carbonyl (C=O) groups excluding carboxylic acids is 1. The van der Waals surface area contributed by atoms with E-state index in [1.165, 1.54) is 4.90 Å². The first-order valence-corrected chi connectivity index (χ1v) is 4.89. The van der Waals surface area contributed by atoms with Crippen molar-refractivity contribution in [3.05, 3.63) is 12.7 Å². The van der Waals surface area contributed by atoms with Gasteiger partial charge in [0.1, 0.15) is 0 Å². The van der Waals surface area contributed by atoms with Crippen molar-refractivity contribution in [1.29, 1.82) is 0 Å². The quantitative estimate of drug-likeness (QED) is 0.646. The minimum atomic E-state index is -0.898. The summed E-state index contributed by atoms with van der Waals surface area (Å²) in [5.41, 5.74) is 0. The standard InChI is InChI=1S/C10H18N2O3/c1-4-6-11-10(15)12(5-2)7-8(3)9(13)14/h4,8H,1,5-7H2,2-3H3,(H,11,15)(H,13,14). The molecule has 0 saturated heterocycles. The van der Waals surface area contributed by atoms with Gasteiger partial charge in [0.15, 0.2) is 0 Å². The van der Waals surface area contributed by atoms with Gasteiger partial charge in [-0.3, -0.25) is 4.79 Å². The number of rotatable bonds is 6. The number of hydrogen-bond donors (Lipinski definition) is 2. The fraction of sp³-hybridized carbons (Fsp3) is 0.600. The Bertz CT molecular complexity index is 241. The van der Waals surface area contributed by atoms with Gasteiger partial charge in [0.25, 0.3) is 0 Å². The molecule has 0 spiro atoms. The predicted octanol–water partition coefficient (Wildman–Crippen LogP) is 0.925. The van der Waals surface area contributed by atoms with Gasteiger partial charge in [-0.15, -0.1) is 6.58 Å². The summed E-state index contributed by atoms with van der Waals surface area (Å²) in [4.78, 5) is 23.5. The van der Waals surface area contributed by atoms with Gasteiger partial charge >= 0.3 is 12.0 Å². The van der Waals surface area contributed by atoms with Crippen LogP contribution in [-0.4, -0.2) is 41.6 Å².